The summed E-state index contributed by atoms with van der Waals surface area (Å²) in [7, 11) is -4.24. The molecule has 0 heterocycles. The van der Waals surface area contributed by atoms with Gasteiger partial charge in [0.2, 0.25) is 0 Å². The van der Waals surface area contributed by atoms with Crippen LogP contribution in [0.4, 0.5) is 0 Å². The highest BCUT2D eigenvalue weighted by Gasteiger charge is 2.11. The van der Waals surface area contributed by atoms with Crippen LogP contribution in [0.5, 0.6) is 0 Å². The maximum Gasteiger partial charge on any atom is 0.469 e. The lowest BCUT2D eigenvalue weighted by atomic mass is 10.4. The van der Waals surface area contributed by atoms with Crippen LogP contribution < -0.4 is 0 Å². The first-order valence-electron chi connectivity index (χ1n) is 2.87. The predicted octanol–water partition coefficient (Wildman–Crippen LogP) is 1.06. The Morgan fingerprint density at radius 3 is 2.60 bits per heavy atom. The lowest BCUT2D eigenvalue weighted by Crippen LogP contribution is -1.89. The van der Waals surface area contributed by atoms with E-state index in [2.05, 4.69) is 4.52 Å². The third-order valence-electron chi connectivity index (χ3n) is 0.780. The molecular formula is C5H11O4P. The zero-order valence-electron chi connectivity index (χ0n) is 5.73. The molecule has 0 aromatic rings. The first-order valence-corrected chi connectivity index (χ1v) is 4.40. The third-order valence-corrected chi connectivity index (χ3v) is 1.30. The van der Waals surface area contributed by atoms with Gasteiger partial charge in [0.1, 0.15) is 0 Å². The van der Waals surface area contributed by atoms with Gasteiger partial charge in [-0.1, -0.05) is 12.2 Å². The summed E-state index contributed by atoms with van der Waals surface area (Å²) >= 11 is 0. The fourth-order valence-corrected chi connectivity index (χ4v) is 0.750. The van der Waals surface area contributed by atoms with Crippen molar-refractivity contribution in [2.45, 2.75) is 13.3 Å². The zero-order chi connectivity index (χ0) is 8.04. The monoisotopic (exact) mass is 166 g/mol. The Labute approximate surface area is 59.8 Å². The number of phosphoric ester groups is 1. The minimum atomic E-state index is -4.24. The summed E-state index contributed by atoms with van der Waals surface area (Å²) < 4.78 is 14.2. The lowest BCUT2D eigenvalue weighted by molar-refractivity contribution is 0.200. The standard InChI is InChI=1S/C5H11O4P/c1-2-3-4-5-9-10(6,7)8/h2-3H,4-5H2,1H3,(H2,6,7,8). The van der Waals surface area contributed by atoms with E-state index in [1.54, 1.807) is 12.2 Å². The molecule has 60 valence electrons. The molecule has 4 nitrogen and oxygen atoms in total. The molecule has 0 saturated heterocycles. The van der Waals surface area contributed by atoms with E-state index in [-0.39, 0.29) is 6.61 Å². The highest BCUT2D eigenvalue weighted by Crippen LogP contribution is 2.35. The van der Waals surface area contributed by atoms with Gasteiger partial charge in [0.15, 0.2) is 0 Å². The Balaban J connectivity index is 3.29. The van der Waals surface area contributed by atoms with E-state index < -0.39 is 7.82 Å². The van der Waals surface area contributed by atoms with E-state index in [0.29, 0.717) is 6.42 Å². The molecule has 0 spiro atoms. The van der Waals surface area contributed by atoms with Gasteiger partial charge in [-0.2, -0.15) is 0 Å². The van der Waals surface area contributed by atoms with Gasteiger partial charge in [-0.3, -0.25) is 4.52 Å². The topological polar surface area (TPSA) is 66.8 Å². The van der Waals surface area contributed by atoms with Gasteiger partial charge in [-0.15, -0.1) is 0 Å². The van der Waals surface area contributed by atoms with Crippen molar-refractivity contribution in [2.75, 3.05) is 6.61 Å². The summed E-state index contributed by atoms with van der Waals surface area (Å²) in [6.07, 6.45) is 4.10. The first kappa shape index (κ1) is 9.85. The first-order chi connectivity index (χ1) is 4.56. The second kappa shape index (κ2) is 4.63. The van der Waals surface area contributed by atoms with Gasteiger partial charge >= 0.3 is 7.82 Å². The third kappa shape index (κ3) is 7.85. The summed E-state index contributed by atoms with van der Waals surface area (Å²) in [5.74, 6) is 0. The normalized spacial score (nSPS) is 12.7. The van der Waals surface area contributed by atoms with Crippen molar-refractivity contribution in [3.63, 3.8) is 0 Å². The van der Waals surface area contributed by atoms with E-state index >= 15 is 0 Å². The van der Waals surface area contributed by atoms with Crippen LogP contribution in [0.25, 0.3) is 0 Å². The lowest BCUT2D eigenvalue weighted by Gasteiger charge is -2.01. The van der Waals surface area contributed by atoms with Crippen molar-refractivity contribution in [3.05, 3.63) is 12.2 Å². The molecule has 0 atom stereocenters. The molecule has 0 saturated carbocycles. The minimum Gasteiger partial charge on any atom is -0.303 e. The van der Waals surface area contributed by atoms with Crippen molar-refractivity contribution < 1.29 is 18.9 Å². The molecule has 0 rings (SSSR count). The molecular weight excluding hydrogens is 155 g/mol. The van der Waals surface area contributed by atoms with Gasteiger partial charge in [0, 0.05) is 0 Å². The summed E-state index contributed by atoms with van der Waals surface area (Å²) in [4.78, 5) is 16.4. The maximum absolute atomic E-state index is 10.0. The van der Waals surface area contributed by atoms with Crippen molar-refractivity contribution in [3.8, 4) is 0 Å². The number of rotatable bonds is 4. The summed E-state index contributed by atoms with van der Waals surface area (Å²) in [6, 6.07) is 0. The van der Waals surface area contributed by atoms with Crippen LogP contribution in [0.1, 0.15) is 13.3 Å². The van der Waals surface area contributed by atoms with Gasteiger partial charge in [0.25, 0.3) is 0 Å². The van der Waals surface area contributed by atoms with Crippen molar-refractivity contribution in [1.82, 2.24) is 0 Å². The molecule has 0 aromatic carbocycles. The van der Waals surface area contributed by atoms with E-state index in [9.17, 15) is 4.57 Å². The van der Waals surface area contributed by atoms with Gasteiger partial charge < -0.3 is 9.79 Å². The number of allylic oxidation sites excluding steroid dienone is 1. The smallest absolute Gasteiger partial charge is 0.303 e. The van der Waals surface area contributed by atoms with Crippen LogP contribution in [0, 0.1) is 0 Å². The van der Waals surface area contributed by atoms with Crippen LogP contribution in [0.15, 0.2) is 12.2 Å². The van der Waals surface area contributed by atoms with E-state index in [4.69, 9.17) is 9.79 Å². The Morgan fingerprint density at radius 1 is 1.60 bits per heavy atom. The SMILES string of the molecule is CC=CCCOP(=O)(O)O. The molecule has 2 N–H and O–H groups in total. The molecule has 0 aliphatic carbocycles. The molecule has 0 unspecified atom stereocenters. The average Bonchev–Trinajstić information content (AvgIpc) is 1.78. The van der Waals surface area contributed by atoms with E-state index in [1.807, 2.05) is 6.92 Å². The van der Waals surface area contributed by atoms with E-state index in [1.165, 1.54) is 0 Å². The number of hydrogen-bond donors (Lipinski definition) is 2. The van der Waals surface area contributed by atoms with Crippen molar-refractivity contribution >= 4 is 7.82 Å². The van der Waals surface area contributed by atoms with E-state index in [0.717, 1.165) is 0 Å². The molecule has 0 aliphatic heterocycles. The van der Waals surface area contributed by atoms with Crippen molar-refractivity contribution in [2.24, 2.45) is 0 Å². The van der Waals surface area contributed by atoms with Gasteiger partial charge in [-0.25, -0.2) is 4.57 Å². The Hall–Kier alpha value is -0.150. The second-order valence-corrected chi connectivity index (χ2v) is 2.92. The molecule has 0 bridgehead atoms. The van der Waals surface area contributed by atoms with Crippen LogP contribution in [-0.2, 0) is 9.09 Å². The highest BCUT2D eigenvalue weighted by atomic mass is 31.2. The molecule has 0 fully saturated rings. The summed E-state index contributed by atoms with van der Waals surface area (Å²) in [5.41, 5.74) is 0. The number of phosphoric acid groups is 1. The molecule has 0 aromatic heterocycles. The Bertz CT molecular complexity index is 148. The molecule has 0 radical (unpaired) electrons. The predicted molar refractivity (Wildman–Crippen MR) is 37.4 cm³/mol. The molecule has 5 heteroatoms. The maximum atomic E-state index is 10.0. The van der Waals surface area contributed by atoms with Gasteiger partial charge in [0.05, 0.1) is 6.61 Å². The quantitative estimate of drug-likeness (QED) is 0.372. The van der Waals surface area contributed by atoms with Crippen molar-refractivity contribution in [1.29, 1.82) is 0 Å². The average molecular weight is 166 g/mol. The van der Waals surface area contributed by atoms with Crippen LogP contribution in [0.3, 0.4) is 0 Å². The van der Waals surface area contributed by atoms with Gasteiger partial charge in [-0.05, 0) is 13.3 Å². The molecule has 10 heavy (non-hydrogen) atoms. The summed E-state index contributed by atoms with van der Waals surface area (Å²) in [6.45, 7) is 1.89. The Morgan fingerprint density at radius 2 is 2.20 bits per heavy atom. The molecule has 0 aliphatic rings. The van der Waals surface area contributed by atoms with Crippen LogP contribution >= 0.6 is 7.82 Å². The zero-order valence-corrected chi connectivity index (χ0v) is 6.62. The fourth-order valence-electron chi connectivity index (χ4n) is 0.406. The fraction of sp³-hybridized carbons (Fsp3) is 0.600. The minimum absolute atomic E-state index is 0.0641. The Kier molecular flexibility index (Phi) is 4.56. The highest BCUT2D eigenvalue weighted by molar-refractivity contribution is 7.46. The largest absolute Gasteiger partial charge is 0.469 e. The number of hydrogen-bond acceptors (Lipinski definition) is 2. The molecule has 0 amide bonds. The van der Waals surface area contributed by atoms with Crippen LogP contribution in [-0.4, -0.2) is 16.4 Å². The van der Waals surface area contributed by atoms with Crippen LogP contribution in [0.2, 0.25) is 0 Å². The summed E-state index contributed by atoms with van der Waals surface area (Å²) in [5, 5.41) is 0. The second-order valence-electron chi connectivity index (χ2n) is 1.68.